The van der Waals surface area contributed by atoms with Crippen molar-refractivity contribution in [3.05, 3.63) is 24.8 Å². The second-order valence-electron chi connectivity index (χ2n) is 9.94. The predicted molar refractivity (Wildman–Crippen MR) is 115 cm³/mol. The molecule has 0 aromatic carbocycles. The van der Waals surface area contributed by atoms with Gasteiger partial charge in [0.2, 0.25) is 0 Å². The van der Waals surface area contributed by atoms with E-state index in [2.05, 4.69) is 13.2 Å². The van der Waals surface area contributed by atoms with Crippen molar-refractivity contribution in [2.24, 2.45) is 11.8 Å². The van der Waals surface area contributed by atoms with Crippen molar-refractivity contribution in [3.63, 3.8) is 0 Å². The lowest BCUT2D eigenvalue weighted by molar-refractivity contribution is -0.174. The van der Waals surface area contributed by atoms with Gasteiger partial charge in [-0.2, -0.15) is 0 Å². The molecule has 2 saturated carbocycles. The molecule has 5 atom stereocenters. The minimum Gasteiger partial charge on any atom is -0.456 e. The van der Waals surface area contributed by atoms with E-state index >= 15 is 0 Å². The van der Waals surface area contributed by atoms with Gasteiger partial charge in [0.1, 0.15) is 11.2 Å². The number of hydrogen-bond donors (Lipinski definition) is 0. The fraction of sp³-hybridized carbons (Fsp3) is 0.760. The largest absolute Gasteiger partial charge is 0.456 e. The first-order valence-electron chi connectivity index (χ1n) is 11.8. The summed E-state index contributed by atoms with van der Waals surface area (Å²) in [7, 11) is 0. The molecular weight excluding hydrogens is 396 g/mol. The highest BCUT2D eigenvalue weighted by atomic mass is 16.6. The van der Waals surface area contributed by atoms with Gasteiger partial charge in [-0.25, -0.2) is 9.59 Å². The van der Waals surface area contributed by atoms with E-state index in [1.165, 1.54) is 6.08 Å². The van der Waals surface area contributed by atoms with Gasteiger partial charge in [0, 0.05) is 24.2 Å². The molecule has 31 heavy (non-hydrogen) atoms. The van der Waals surface area contributed by atoms with Gasteiger partial charge < -0.3 is 18.9 Å². The maximum Gasteiger partial charge on any atom is 0.333 e. The van der Waals surface area contributed by atoms with Crippen LogP contribution in [0.3, 0.4) is 0 Å². The smallest absolute Gasteiger partial charge is 0.333 e. The average molecular weight is 433 g/mol. The summed E-state index contributed by atoms with van der Waals surface area (Å²) in [5.41, 5.74) is -0.565. The quantitative estimate of drug-likeness (QED) is 0.442. The molecule has 0 amide bonds. The van der Waals surface area contributed by atoms with E-state index in [9.17, 15) is 9.59 Å². The standard InChI is InChI=1S/C25H36O6/c1-4-22(26)30-25(19-10-14-28-16-19)13-9-18(15-25)20-7-8-21(29-20)24(11-5-6-12-24)31-23(27)17(2)3/h4,18-21H,1-2,5-16H2,3H3. The number of hydrogen-bond acceptors (Lipinski definition) is 6. The molecule has 2 heterocycles. The van der Waals surface area contributed by atoms with Gasteiger partial charge in [-0.1, -0.05) is 13.2 Å². The number of rotatable bonds is 7. The summed E-state index contributed by atoms with van der Waals surface area (Å²) in [6, 6.07) is 0. The van der Waals surface area contributed by atoms with E-state index in [4.69, 9.17) is 18.9 Å². The Kier molecular flexibility index (Phi) is 6.59. The van der Waals surface area contributed by atoms with Gasteiger partial charge in [0.05, 0.1) is 18.8 Å². The SMILES string of the molecule is C=CC(=O)OC1(C2CCOC2)CCC(C2CCC(C3(OC(=O)C(=C)C)CCCC3)O2)C1. The third kappa shape index (κ3) is 4.47. The summed E-state index contributed by atoms with van der Waals surface area (Å²) in [4.78, 5) is 24.4. The van der Waals surface area contributed by atoms with Crippen LogP contribution >= 0.6 is 0 Å². The molecule has 5 unspecified atom stereocenters. The molecule has 0 bridgehead atoms. The Bertz CT molecular complexity index is 718. The van der Waals surface area contributed by atoms with E-state index in [0.29, 0.717) is 18.1 Å². The third-order valence-electron chi connectivity index (χ3n) is 7.95. The van der Waals surface area contributed by atoms with E-state index in [0.717, 1.165) is 70.8 Å². The fourth-order valence-corrected chi connectivity index (χ4v) is 6.26. The van der Waals surface area contributed by atoms with Gasteiger partial charge >= 0.3 is 11.9 Å². The van der Waals surface area contributed by atoms with Gasteiger partial charge in [-0.05, 0) is 77.0 Å². The summed E-state index contributed by atoms with van der Waals surface area (Å²) >= 11 is 0. The minimum absolute atomic E-state index is 0.0659. The molecule has 172 valence electrons. The maximum atomic E-state index is 12.3. The first-order valence-corrected chi connectivity index (χ1v) is 11.8. The van der Waals surface area contributed by atoms with Crippen molar-refractivity contribution >= 4 is 11.9 Å². The summed E-state index contributed by atoms with van der Waals surface area (Å²) in [6.07, 6.45) is 10.5. The Balaban J connectivity index is 1.44. The Hall–Kier alpha value is -1.66. The van der Waals surface area contributed by atoms with E-state index in [-0.39, 0.29) is 30.1 Å². The summed E-state index contributed by atoms with van der Waals surface area (Å²) in [5, 5.41) is 0. The van der Waals surface area contributed by atoms with Gasteiger partial charge in [0.25, 0.3) is 0 Å². The first-order chi connectivity index (χ1) is 14.9. The third-order valence-corrected chi connectivity index (χ3v) is 7.95. The first kappa shape index (κ1) is 22.5. The van der Waals surface area contributed by atoms with E-state index < -0.39 is 11.2 Å². The predicted octanol–water partition coefficient (Wildman–Crippen LogP) is 4.27. The highest BCUT2D eigenvalue weighted by Gasteiger charge is 2.54. The van der Waals surface area contributed by atoms with Crippen molar-refractivity contribution in [3.8, 4) is 0 Å². The van der Waals surface area contributed by atoms with E-state index in [1.54, 1.807) is 6.92 Å². The molecule has 2 aliphatic heterocycles. The van der Waals surface area contributed by atoms with Crippen molar-refractivity contribution in [2.45, 2.75) is 94.5 Å². The van der Waals surface area contributed by atoms with Crippen LogP contribution in [0, 0.1) is 11.8 Å². The zero-order chi connectivity index (χ0) is 22.1. The van der Waals surface area contributed by atoms with Crippen LogP contribution in [0.15, 0.2) is 24.8 Å². The molecule has 0 radical (unpaired) electrons. The number of esters is 2. The molecule has 2 saturated heterocycles. The fourth-order valence-electron chi connectivity index (χ4n) is 6.26. The number of ether oxygens (including phenoxy) is 4. The summed E-state index contributed by atoms with van der Waals surface area (Å²) in [5.74, 6) is -0.101. The van der Waals surface area contributed by atoms with Crippen LogP contribution < -0.4 is 0 Å². The number of carbonyl (C=O) groups is 2. The van der Waals surface area contributed by atoms with Gasteiger partial charge in [-0.3, -0.25) is 0 Å². The second kappa shape index (κ2) is 9.07. The lowest BCUT2D eigenvalue weighted by Gasteiger charge is -2.36. The van der Waals surface area contributed by atoms with Crippen molar-refractivity contribution < 1.29 is 28.5 Å². The van der Waals surface area contributed by atoms with Gasteiger partial charge in [0.15, 0.2) is 0 Å². The molecule has 0 aromatic rings. The Labute approximate surface area is 185 Å². The molecule has 4 fully saturated rings. The van der Waals surface area contributed by atoms with Crippen molar-refractivity contribution in [1.29, 1.82) is 0 Å². The van der Waals surface area contributed by atoms with Crippen molar-refractivity contribution in [1.82, 2.24) is 0 Å². The minimum atomic E-state index is -0.519. The Morgan fingerprint density at radius 1 is 1.03 bits per heavy atom. The van der Waals surface area contributed by atoms with Crippen molar-refractivity contribution in [2.75, 3.05) is 13.2 Å². The molecule has 0 spiro atoms. The topological polar surface area (TPSA) is 71.1 Å². The molecule has 6 nitrogen and oxygen atoms in total. The zero-order valence-electron chi connectivity index (χ0n) is 18.7. The maximum absolute atomic E-state index is 12.3. The van der Waals surface area contributed by atoms with Crippen LogP contribution in [0.25, 0.3) is 0 Å². The molecule has 4 aliphatic rings. The van der Waals surface area contributed by atoms with Crippen LogP contribution in [-0.2, 0) is 28.5 Å². The normalized spacial score (nSPS) is 36.9. The second-order valence-corrected chi connectivity index (χ2v) is 9.94. The molecule has 6 heteroatoms. The summed E-state index contributed by atoms with van der Waals surface area (Å²) < 4.78 is 24.2. The molecule has 0 N–H and O–H groups in total. The van der Waals surface area contributed by atoms with Crippen LogP contribution in [-0.4, -0.2) is 48.6 Å². The molecule has 0 aromatic heterocycles. The van der Waals surface area contributed by atoms with E-state index in [1.807, 2.05) is 0 Å². The Morgan fingerprint density at radius 2 is 1.81 bits per heavy atom. The van der Waals surface area contributed by atoms with Crippen LogP contribution in [0.1, 0.15) is 71.1 Å². The highest BCUT2D eigenvalue weighted by Crippen LogP contribution is 2.51. The van der Waals surface area contributed by atoms with Crippen LogP contribution in [0.2, 0.25) is 0 Å². The molecule has 4 rings (SSSR count). The number of carbonyl (C=O) groups excluding carboxylic acids is 2. The van der Waals surface area contributed by atoms with Crippen LogP contribution in [0.4, 0.5) is 0 Å². The lowest BCUT2D eigenvalue weighted by atomic mass is 9.83. The lowest BCUT2D eigenvalue weighted by Crippen LogP contribution is -2.45. The monoisotopic (exact) mass is 432 g/mol. The van der Waals surface area contributed by atoms with Gasteiger partial charge in [-0.15, -0.1) is 0 Å². The zero-order valence-corrected chi connectivity index (χ0v) is 18.7. The average Bonchev–Trinajstić information content (AvgIpc) is 3.54. The highest BCUT2D eigenvalue weighted by molar-refractivity contribution is 5.87. The summed E-state index contributed by atoms with van der Waals surface area (Å²) in [6.45, 7) is 10.4. The Morgan fingerprint density at radius 3 is 2.45 bits per heavy atom. The molecular formula is C25H36O6. The van der Waals surface area contributed by atoms with Crippen LogP contribution in [0.5, 0.6) is 0 Å². The molecule has 2 aliphatic carbocycles.